The number of carboxylic acids is 1. The summed E-state index contributed by atoms with van der Waals surface area (Å²) in [4.78, 5) is 23.4. The van der Waals surface area contributed by atoms with Gasteiger partial charge in [0.2, 0.25) is 5.91 Å². The third kappa shape index (κ3) is 2.98. The molecular weight excluding hydrogens is 286 g/mol. The quantitative estimate of drug-likeness (QED) is 0.765. The average molecular weight is 309 g/mol. The number of carbonyl (C=O) groups excluding carboxylic acids is 1. The molecule has 2 N–H and O–H groups in total. The Morgan fingerprint density at radius 1 is 1.33 bits per heavy atom. The van der Waals surface area contributed by atoms with Crippen LogP contribution in [0.4, 0.5) is 0 Å². The van der Waals surface area contributed by atoms with Crippen molar-refractivity contribution in [1.82, 2.24) is 5.32 Å². The van der Waals surface area contributed by atoms with Crippen LogP contribution in [0, 0.1) is 23.2 Å². The van der Waals surface area contributed by atoms with E-state index in [9.17, 15) is 9.59 Å². The maximum atomic E-state index is 12.5. The SMILES string of the molecule is CC(C)(C(=O)N[C@@H]1C[C@@H]1[C@@H]1C[C@@H]1C(=O)O)C1=CCSCC1. The highest BCUT2D eigenvalue weighted by molar-refractivity contribution is 7.99. The van der Waals surface area contributed by atoms with Crippen molar-refractivity contribution >= 4 is 23.6 Å². The lowest BCUT2D eigenvalue weighted by Gasteiger charge is -2.29. The Balaban J connectivity index is 1.53. The standard InChI is InChI=1S/C16H23NO3S/c1-16(2,9-3-5-21-6-4-9)15(20)17-13-8-11(13)10-7-12(10)14(18)19/h3,10-13H,4-8H2,1-2H3,(H,17,20)(H,18,19)/t10-,11+,12-,13+/m0/s1. The number of hydrogen-bond acceptors (Lipinski definition) is 3. The van der Waals surface area contributed by atoms with Gasteiger partial charge in [0.25, 0.3) is 0 Å². The second-order valence-corrected chi connectivity index (χ2v) is 8.15. The van der Waals surface area contributed by atoms with Crippen LogP contribution in [-0.4, -0.2) is 34.5 Å². The van der Waals surface area contributed by atoms with Crippen LogP contribution in [0.2, 0.25) is 0 Å². The van der Waals surface area contributed by atoms with Crippen LogP contribution in [-0.2, 0) is 9.59 Å². The zero-order valence-electron chi connectivity index (χ0n) is 12.6. The first-order valence-corrected chi connectivity index (χ1v) is 8.87. The summed E-state index contributed by atoms with van der Waals surface area (Å²) in [6.45, 7) is 4.00. The molecule has 0 saturated heterocycles. The minimum atomic E-state index is -0.679. The number of carboxylic acid groups (broad SMARTS) is 1. The molecule has 0 bridgehead atoms. The number of carbonyl (C=O) groups is 2. The van der Waals surface area contributed by atoms with Gasteiger partial charge in [-0.1, -0.05) is 11.6 Å². The molecule has 0 radical (unpaired) electrons. The second kappa shape index (κ2) is 5.34. The average Bonchev–Trinajstić information content (AvgIpc) is 3.32. The van der Waals surface area contributed by atoms with Gasteiger partial charge in [-0.2, -0.15) is 11.8 Å². The number of amides is 1. The van der Waals surface area contributed by atoms with E-state index in [0.29, 0.717) is 11.8 Å². The van der Waals surface area contributed by atoms with Crippen molar-refractivity contribution in [1.29, 1.82) is 0 Å². The Bertz CT molecular complexity index is 500. The van der Waals surface area contributed by atoms with Crippen molar-refractivity contribution in [2.45, 2.75) is 39.2 Å². The molecule has 1 heterocycles. The fourth-order valence-electron chi connectivity index (χ4n) is 3.41. The highest BCUT2D eigenvalue weighted by Gasteiger charge is 2.57. The van der Waals surface area contributed by atoms with Gasteiger partial charge in [0.1, 0.15) is 0 Å². The predicted octanol–water partition coefficient (Wildman–Crippen LogP) is 2.30. The van der Waals surface area contributed by atoms with Crippen LogP contribution in [0.5, 0.6) is 0 Å². The summed E-state index contributed by atoms with van der Waals surface area (Å²) in [5.74, 6) is 2.03. The first-order valence-electron chi connectivity index (χ1n) is 7.72. The van der Waals surface area contributed by atoms with Gasteiger partial charge < -0.3 is 10.4 Å². The topological polar surface area (TPSA) is 66.4 Å². The molecule has 1 aliphatic heterocycles. The van der Waals surface area contributed by atoms with Crippen LogP contribution < -0.4 is 5.32 Å². The maximum Gasteiger partial charge on any atom is 0.306 e. The molecule has 1 amide bonds. The molecule has 4 atom stereocenters. The van der Waals surface area contributed by atoms with Crippen LogP contribution in [0.15, 0.2) is 11.6 Å². The fourth-order valence-corrected chi connectivity index (χ4v) is 4.26. The molecule has 5 heteroatoms. The summed E-state index contributed by atoms with van der Waals surface area (Å²) in [6, 6.07) is 0.199. The third-order valence-electron chi connectivity index (χ3n) is 5.20. The summed E-state index contributed by atoms with van der Waals surface area (Å²) in [5, 5.41) is 12.1. The maximum absolute atomic E-state index is 12.5. The van der Waals surface area contributed by atoms with Crippen molar-refractivity contribution in [3.8, 4) is 0 Å². The molecule has 2 saturated carbocycles. The monoisotopic (exact) mass is 309 g/mol. The minimum Gasteiger partial charge on any atom is -0.481 e. The van der Waals surface area contributed by atoms with E-state index in [-0.39, 0.29) is 17.9 Å². The summed E-state index contributed by atoms with van der Waals surface area (Å²) in [5.41, 5.74) is 0.801. The van der Waals surface area contributed by atoms with E-state index in [1.54, 1.807) is 0 Å². The highest BCUT2D eigenvalue weighted by atomic mass is 32.2. The van der Waals surface area contributed by atoms with Crippen molar-refractivity contribution in [3.63, 3.8) is 0 Å². The van der Waals surface area contributed by atoms with Crippen molar-refractivity contribution in [2.75, 3.05) is 11.5 Å². The molecule has 0 unspecified atom stereocenters. The van der Waals surface area contributed by atoms with E-state index in [2.05, 4.69) is 11.4 Å². The summed E-state index contributed by atoms with van der Waals surface area (Å²) < 4.78 is 0. The van der Waals surface area contributed by atoms with E-state index >= 15 is 0 Å². The molecule has 2 fully saturated rings. The fraction of sp³-hybridized carbons (Fsp3) is 0.750. The molecule has 0 aromatic rings. The molecule has 2 aliphatic carbocycles. The molecule has 0 aromatic carbocycles. The number of rotatable bonds is 5. The normalized spacial score (nSPS) is 34.9. The van der Waals surface area contributed by atoms with Gasteiger partial charge in [-0.15, -0.1) is 0 Å². The predicted molar refractivity (Wildman–Crippen MR) is 83.1 cm³/mol. The Kier molecular flexibility index (Phi) is 3.80. The van der Waals surface area contributed by atoms with E-state index in [0.717, 1.165) is 30.8 Å². The third-order valence-corrected chi connectivity index (χ3v) is 6.09. The number of thioether (sulfide) groups is 1. The van der Waals surface area contributed by atoms with Gasteiger partial charge in [-0.25, -0.2) is 0 Å². The van der Waals surface area contributed by atoms with Gasteiger partial charge in [0.15, 0.2) is 0 Å². The second-order valence-electron chi connectivity index (χ2n) is 7.00. The van der Waals surface area contributed by atoms with E-state index < -0.39 is 11.4 Å². The Hall–Kier alpha value is -0.970. The van der Waals surface area contributed by atoms with Crippen LogP contribution in [0.3, 0.4) is 0 Å². The first-order chi connectivity index (χ1) is 9.91. The van der Waals surface area contributed by atoms with Crippen molar-refractivity contribution in [2.24, 2.45) is 23.2 Å². The summed E-state index contributed by atoms with van der Waals surface area (Å²) >= 11 is 1.90. The molecule has 21 heavy (non-hydrogen) atoms. The van der Waals surface area contributed by atoms with Crippen molar-refractivity contribution in [3.05, 3.63) is 11.6 Å². The van der Waals surface area contributed by atoms with Gasteiger partial charge in [0.05, 0.1) is 11.3 Å². The van der Waals surface area contributed by atoms with Gasteiger partial charge in [0, 0.05) is 11.8 Å². The van der Waals surface area contributed by atoms with Gasteiger partial charge in [-0.05, 0) is 50.7 Å². The van der Waals surface area contributed by atoms with E-state index in [1.165, 1.54) is 5.57 Å². The smallest absolute Gasteiger partial charge is 0.306 e. The lowest BCUT2D eigenvalue weighted by Crippen LogP contribution is -2.40. The Morgan fingerprint density at radius 3 is 2.67 bits per heavy atom. The van der Waals surface area contributed by atoms with Gasteiger partial charge >= 0.3 is 5.97 Å². The highest BCUT2D eigenvalue weighted by Crippen LogP contribution is 2.54. The Morgan fingerprint density at radius 2 is 2.10 bits per heavy atom. The zero-order chi connectivity index (χ0) is 15.2. The molecule has 3 rings (SSSR count). The van der Waals surface area contributed by atoms with Crippen LogP contribution in [0.25, 0.3) is 0 Å². The largest absolute Gasteiger partial charge is 0.481 e. The molecular formula is C16H23NO3S. The van der Waals surface area contributed by atoms with E-state index in [4.69, 9.17) is 5.11 Å². The lowest BCUT2D eigenvalue weighted by molar-refractivity contribution is -0.138. The number of aliphatic carboxylic acids is 1. The molecule has 4 nitrogen and oxygen atoms in total. The first kappa shape index (κ1) is 14.9. The Labute approximate surface area is 129 Å². The lowest BCUT2D eigenvalue weighted by atomic mass is 9.81. The zero-order valence-corrected chi connectivity index (χ0v) is 13.4. The van der Waals surface area contributed by atoms with Crippen molar-refractivity contribution < 1.29 is 14.7 Å². The molecule has 0 spiro atoms. The van der Waals surface area contributed by atoms with Crippen LogP contribution in [0.1, 0.15) is 33.1 Å². The molecule has 0 aromatic heterocycles. The summed E-state index contributed by atoms with van der Waals surface area (Å²) in [7, 11) is 0. The van der Waals surface area contributed by atoms with E-state index in [1.807, 2.05) is 25.6 Å². The number of hydrogen-bond donors (Lipinski definition) is 2. The molecule has 3 aliphatic rings. The van der Waals surface area contributed by atoms with Gasteiger partial charge in [-0.3, -0.25) is 9.59 Å². The minimum absolute atomic E-state index is 0.0978. The number of nitrogens with one attached hydrogen (secondary N) is 1. The summed E-state index contributed by atoms with van der Waals surface area (Å²) in [6.07, 6.45) is 4.92. The molecule has 116 valence electrons. The van der Waals surface area contributed by atoms with Crippen LogP contribution >= 0.6 is 11.8 Å².